The highest BCUT2D eigenvalue weighted by atomic mass is 16.4. The maximum absolute atomic E-state index is 10.1. The number of aliphatic imine (C=N–C) groups is 1. The molecule has 0 spiro atoms. The van der Waals surface area contributed by atoms with Gasteiger partial charge in [-0.05, 0) is 35.7 Å². The third kappa shape index (κ3) is 3.50. The van der Waals surface area contributed by atoms with Crippen LogP contribution in [0.1, 0.15) is 37.5 Å². The normalized spacial score (nSPS) is 16.6. The Labute approximate surface area is 200 Å². The molecular weight excluding hydrogens is 418 g/mol. The van der Waals surface area contributed by atoms with Crippen molar-refractivity contribution >= 4 is 17.8 Å². The van der Waals surface area contributed by atoms with Crippen LogP contribution in [0.15, 0.2) is 88.3 Å². The molecule has 0 saturated heterocycles. The molecule has 1 aromatic heterocycles. The first kappa shape index (κ1) is 21.7. The zero-order chi connectivity index (χ0) is 23.9. The molecule has 1 unspecified atom stereocenters. The topological polar surface area (TPSA) is 52.5 Å². The van der Waals surface area contributed by atoms with Gasteiger partial charge in [-0.25, -0.2) is 4.99 Å². The molecule has 4 aromatic rings. The van der Waals surface area contributed by atoms with Crippen LogP contribution in [0.2, 0.25) is 0 Å². The van der Waals surface area contributed by atoms with Gasteiger partial charge in [0.05, 0.1) is 0 Å². The summed E-state index contributed by atoms with van der Waals surface area (Å²) in [4.78, 5) is 6.99. The third-order valence-electron chi connectivity index (χ3n) is 7.15. The van der Waals surface area contributed by atoms with E-state index in [-0.39, 0.29) is 5.41 Å². The minimum atomic E-state index is 0.0391. The van der Waals surface area contributed by atoms with Gasteiger partial charge in [-0.1, -0.05) is 80.6 Å². The van der Waals surface area contributed by atoms with Crippen LogP contribution in [-0.4, -0.2) is 19.3 Å². The molecule has 2 heterocycles. The number of nitriles is 1. The zero-order valence-corrected chi connectivity index (χ0v) is 19.9. The van der Waals surface area contributed by atoms with Crippen molar-refractivity contribution in [3.63, 3.8) is 0 Å². The van der Waals surface area contributed by atoms with Gasteiger partial charge in [-0.15, -0.1) is 0 Å². The van der Waals surface area contributed by atoms with Crippen LogP contribution in [0.5, 0.6) is 0 Å². The maximum atomic E-state index is 10.1. The van der Waals surface area contributed by atoms with Gasteiger partial charge in [0, 0.05) is 41.5 Å². The summed E-state index contributed by atoms with van der Waals surface area (Å²) in [6, 6.07) is 28.9. The SMILES string of the molecule is CC1N(C)c2ccc(/C=N/c3oc(-c4ccccc4)c(-c4ccccc4)c3C#N)cc2C1(C)C. The van der Waals surface area contributed by atoms with Crippen LogP contribution in [0.25, 0.3) is 22.5 Å². The average Bonchev–Trinajstić information content (AvgIpc) is 3.33. The first-order chi connectivity index (χ1) is 16.4. The molecule has 1 aliphatic heterocycles. The minimum absolute atomic E-state index is 0.0391. The van der Waals surface area contributed by atoms with E-state index in [4.69, 9.17) is 4.42 Å². The highest BCUT2D eigenvalue weighted by Crippen LogP contribution is 2.45. The Morgan fingerprint density at radius 3 is 2.26 bits per heavy atom. The predicted molar refractivity (Wildman–Crippen MR) is 139 cm³/mol. The molecule has 3 aromatic carbocycles. The minimum Gasteiger partial charge on any atom is -0.436 e. The van der Waals surface area contributed by atoms with Crippen molar-refractivity contribution in [2.75, 3.05) is 11.9 Å². The van der Waals surface area contributed by atoms with Gasteiger partial charge in [0.2, 0.25) is 5.88 Å². The van der Waals surface area contributed by atoms with Crippen molar-refractivity contribution in [2.24, 2.45) is 4.99 Å². The van der Waals surface area contributed by atoms with Gasteiger partial charge < -0.3 is 9.32 Å². The molecule has 0 radical (unpaired) electrons. The van der Waals surface area contributed by atoms with Gasteiger partial charge in [0.15, 0.2) is 0 Å². The molecule has 168 valence electrons. The van der Waals surface area contributed by atoms with Gasteiger partial charge in [-0.2, -0.15) is 5.26 Å². The van der Waals surface area contributed by atoms with Gasteiger partial charge in [0.25, 0.3) is 0 Å². The number of furan rings is 1. The summed E-state index contributed by atoms with van der Waals surface area (Å²) in [6.45, 7) is 6.81. The lowest BCUT2D eigenvalue weighted by Crippen LogP contribution is -2.36. The summed E-state index contributed by atoms with van der Waals surface area (Å²) < 4.78 is 6.24. The van der Waals surface area contributed by atoms with E-state index in [1.807, 2.05) is 60.7 Å². The van der Waals surface area contributed by atoms with Crippen LogP contribution in [0, 0.1) is 11.3 Å². The Balaban J connectivity index is 1.61. The van der Waals surface area contributed by atoms with Crippen molar-refractivity contribution < 1.29 is 4.42 Å². The fourth-order valence-corrected chi connectivity index (χ4v) is 4.80. The first-order valence-corrected chi connectivity index (χ1v) is 11.5. The number of likely N-dealkylation sites (N-methyl/N-ethyl adjacent to an activating group) is 1. The highest BCUT2D eigenvalue weighted by Gasteiger charge is 2.40. The Kier molecular flexibility index (Phi) is 5.34. The van der Waals surface area contributed by atoms with Crippen molar-refractivity contribution in [3.05, 3.63) is 95.6 Å². The summed E-state index contributed by atoms with van der Waals surface area (Å²) in [5, 5.41) is 10.1. The highest BCUT2D eigenvalue weighted by molar-refractivity contribution is 5.90. The Hall–Kier alpha value is -4.10. The Bertz CT molecular complexity index is 1410. The maximum Gasteiger partial charge on any atom is 0.238 e. The quantitative estimate of drug-likeness (QED) is 0.309. The molecule has 4 nitrogen and oxygen atoms in total. The van der Waals surface area contributed by atoms with E-state index in [2.05, 4.69) is 62.0 Å². The molecule has 0 amide bonds. The van der Waals surface area contributed by atoms with E-state index in [9.17, 15) is 5.26 Å². The average molecular weight is 446 g/mol. The number of nitrogens with zero attached hydrogens (tertiary/aromatic N) is 3. The molecule has 1 aliphatic rings. The molecular formula is C30H27N3O. The number of fused-ring (bicyclic) bond motifs is 1. The summed E-state index contributed by atoms with van der Waals surface area (Å²) in [5.41, 5.74) is 6.64. The van der Waals surface area contributed by atoms with Crippen LogP contribution in [-0.2, 0) is 5.41 Å². The fourth-order valence-electron chi connectivity index (χ4n) is 4.80. The second-order valence-electron chi connectivity index (χ2n) is 9.37. The monoisotopic (exact) mass is 445 g/mol. The molecule has 4 heteroatoms. The van der Waals surface area contributed by atoms with Crippen molar-refractivity contribution in [3.8, 4) is 28.5 Å². The summed E-state index contributed by atoms with van der Waals surface area (Å²) in [7, 11) is 2.14. The van der Waals surface area contributed by atoms with E-state index in [1.54, 1.807) is 6.21 Å². The van der Waals surface area contributed by atoms with Gasteiger partial charge in [0.1, 0.15) is 17.4 Å². The lowest BCUT2D eigenvalue weighted by molar-refractivity contribution is 0.454. The van der Waals surface area contributed by atoms with Crippen LogP contribution < -0.4 is 4.90 Å². The molecule has 34 heavy (non-hydrogen) atoms. The molecule has 0 saturated carbocycles. The molecule has 1 atom stereocenters. The van der Waals surface area contributed by atoms with Crippen LogP contribution >= 0.6 is 0 Å². The molecule has 0 fully saturated rings. The zero-order valence-electron chi connectivity index (χ0n) is 19.9. The van der Waals surface area contributed by atoms with E-state index < -0.39 is 0 Å². The van der Waals surface area contributed by atoms with E-state index in [0.29, 0.717) is 23.2 Å². The lowest BCUT2D eigenvalue weighted by atomic mass is 9.81. The standard InChI is InChI=1S/C30H27N3O/c1-20-30(2,3)25-17-21(15-16-26(25)33(20)4)19-32-29-24(18-31)27(22-11-7-5-8-12-22)28(34-29)23-13-9-6-10-14-23/h5-17,19-20H,1-4H3/b32-19+. The van der Waals surface area contributed by atoms with Crippen LogP contribution in [0.3, 0.4) is 0 Å². The summed E-state index contributed by atoms with van der Waals surface area (Å²) in [6.07, 6.45) is 1.79. The summed E-state index contributed by atoms with van der Waals surface area (Å²) in [5.74, 6) is 0.978. The van der Waals surface area contributed by atoms with Crippen molar-refractivity contribution in [2.45, 2.75) is 32.2 Å². The van der Waals surface area contributed by atoms with E-state index in [1.165, 1.54) is 11.3 Å². The molecule has 0 bridgehead atoms. The summed E-state index contributed by atoms with van der Waals surface area (Å²) >= 11 is 0. The molecule has 5 rings (SSSR count). The number of hydrogen-bond acceptors (Lipinski definition) is 4. The number of hydrogen-bond donors (Lipinski definition) is 0. The predicted octanol–water partition coefficient (Wildman–Crippen LogP) is 7.35. The largest absolute Gasteiger partial charge is 0.436 e. The molecule has 0 N–H and O–H groups in total. The second kappa shape index (κ2) is 8.35. The molecule has 0 aliphatic carbocycles. The van der Waals surface area contributed by atoms with E-state index in [0.717, 1.165) is 22.3 Å². The number of benzene rings is 3. The van der Waals surface area contributed by atoms with Crippen LogP contribution in [0.4, 0.5) is 11.6 Å². The first-order valence-electron chi connectivity index (χ1n) is 11.5. The second-order valence-corrected chi connectivity index (χ2v) is 9.37. The van der Waals surface area contributed by atoms with Gasteiger partial charge >= 0.3 is 0 Å². The third-order valence-corrected chi connectivity index (χ3v) is 7.15. The van der Waals surface area contributed by atoms with E-state index >= 15 is 0 Å². The van der Waals surface area contributed by atoms with Gasteiger partial charge in [-0.3, -0.25) is 0 Å². The number of rotatable bonds is 4. The smallest absolute Gasteiger partial charge is 0.238 e. The fraction of sp³-hybridized carbons (Fsp3) is 0.200. The van der Waals surface area contributed by atoms with Crippen molar-refractivity contribution in [1.82, 2.24) is 0 Å². The Morgan fingerprint density at radius 1 is 0.971 bits per heavy atom. The Morgan fingerprint density at radius 2 is 1.62 bits per heavy atom. The number of anilines is 1. The lowest BCUT2D eigenvalue weighted by Gasteiger charge is -2.28. The van der Waals surface area contributed by atoms with Crippen molar-refractivity contribution in [1.29, 1.82) is 5.26 Å².